The third-order valence-electron chi connectivity index (χ3n) is 4.84. The Kier molecular flexibility index (Phi) is 5.59. The van der Waals surface area contributed by atoms with Crippen LogP contribution in [0.5, 0.6) is 0 Å². The second-order valence-electron chi connectivity index (χ2n) is 6.53. The minimum Gasteiger partial charge on any atom is -0.481 e. The average molecular weight is 382 g/mol. The lowest BCUT2D eigenvalue weighted by Crippen LogP contribution is -2.41. The van der Waals surface area contributed by atoms with Gasteiger partial charge in [-0.05, 0) is 31.4 Å². The van der Waals surface area contributed by atoms with E-state index >= 15 is 0 Å². The van der Waals surface area contributed by atoms with Crippen molar-refractivity contribution in [1.82, 2.24) is 9.62 Å². The second kappa shape index (κ2) is 7.73. The van der Waals surface area contributed by atoms with E-state index in [9.17, 15) is 18.0 Å². The van der Waals surface area contributed by atoms with Gasteiger partial charge in [0.15, 0.2) is 0 Å². The van der Waals surface area contributed by atoms with Crippen molar-refractivity contribution in [2.75, 3.05) is 26.3 Å². The molecule has 1 amide bonds. The molecule has 0 unspecified atom stereocenters. The SMILES string of the molecule is O=C(N[C@H]1CC[C@@H](C(=O)O)C1)c1ccccc1S(=O)(=O)N1CCOCC1. The molecule has 1 aliphatic carbocycles. The number of rotatable bonds is 5. The van der Waals surface area contributed by atoms with Crippen molar-refractivity contribution in [1.29, 1.82) is 0 Å². The Labute approximate surface area is 152 Å². The minimum absolute atomic E-state index is 0.0350. The number of morpholine rings is 1. The normalized spacial score (nSPS) is 24.3. The van der Waals surface area contributed by atoms with Crippen LogP contribution in [0.15, 0.2) is 29.2 Å². The van der Waals surface area contributed by atoms with Gasteiger partial charge in [-0.15, -0.1) is 0 Å². The highest BCUT2D eigenvalue weighted by atomic mass is 32.2. The summed E-state index contributed by atoms with van der Waals surface area (Å²) in [6.07, 6.45) is 1.44. The molecule has 1 aromatic carbocycles. The number of carboxylic acids is 1. The molecule has 1 saturated heterocycles. The van der Waals surface area contributed by atoms with Gasteiger partial charge in [0.05, 0.1) is 29.6 Å². The standard InChI is InChI=1S/C17H22N2O6S/c20-16(18-13-6-5-12(11-13)17(21)22)14-3-1-2-4-15(14)26(23,24)19-7-9-25-10-8-19/h1-4,12-13H,5-11H2,(H,18,20)(H,21,22)/t12-,13+/m1/s1. The molecule has 1 saturated carbocycles. The molecule has 26 heavy (non-hydrogen) atoms. The van der Waals surface area contributed by atoms with Crippen LogP contribution in [-0.4, -0.2) is 62.1 Å². The van der Waals surface area contributed by atoms with Gasteiger partial charge in [0.1, 0.15) is 0 Å². The molecule has 2 atom stereocenters. The summed E-state index contributed by atoms with van der Waals surface area (Å²) in [7, 11) is -3.80. The fraction of sp³-hybridized carbons (Fsp3) is 0.529. The molecule has 2 N–H and O–H groups in total. The highest BCUT2D eigenvalue weighted by Crippen LogP contribution is 2.27. The summed E-state index contributed by atoms with van der Waals surface area (Å²) in [6, 6.07) is 5.84. The molecule has 1 heterocycles. The monoisotopic (exact) mass is 382 g/mol. The summed E-state index contributed by atoms with van der Waals surface area (Å²) in [5.74, 6) is -1.82. The van der Waals surface area contributed by atoms with Crippen molar-refractivity contribution in [3.05, 3.63) is 29.8 Å². The lowest BCUT2D eigenvalue weighted by molar-refractivity contribution is -0.141. The zero-order chi connectivity index (χ0) is 18.7. The summed E-state index contributed by atoms with van der Waals surface area (Å²) >= 11 is 0. The van der Waals surface area contributed by atoms with Gasteiger partial charge in [-0.3, -0.25) is 9.59 Å². The number of hydrogen-bond acceptors (Lipinski definition) is 5. The topological polar surface area (TPSA) is 113 Å². The molecule has 8 nitrogen and oxygen atoms in total. The highest BCUT2D eigenvalue weighted by molar-refractivity contribution is 7.89. The van der Waals surface area contributed by atoms with Crippen LogP contribution in [0.3, 0.4) is 0 Å². The van der Waals surface area contributed by atoms with Gasteiger partial charge in [-0.25, -0.2) is 8.42 Å². The number of nitrogens with one attached hydrogen (secondary N) is 1. The van der Waals surface area contributed by atoms with Crippen molar-refractivity contribution < 1.29 is 27.9 Å². The summed E-state index contributed by atoms with van der Waals surface area (Å²) < 4.78 is 32.3. The van der Waals surface area contributed by atoms with Crippen LogP contribution in [0.25, 0.3) is 0 Å². The number of ether oxygens (including phenoxy) is 1. The van der Waals surface area contributed by atoms with E-state index in [1.54, 1.807) is 12.1 Å². The Morgan fingerprint density at radius 1 is 1.15 bits per heavy atom. The number of nitrogens with zero attached hydrogens (tertiary/aromatic N) is 1. The fourth-order valence-corrected chi connectivity index (χ4v) is 5.00. The zero-order valence-corrected chi connectivity index (χ0v) is 15.1. The first-order chi connectivity index (χ1) is 12.4. The Hall–Kier alpha value is -1.97. The molecular formula is C17H22N2O6S. The summed E-state index contributed by atoms with van der Waals surface area (Å²) in [4.78, 5) is 23.7. The first kappa shape index (κ1) is 18.8. The van der Waals surface area contributed by atoms with Gasteiger partial charge in [-0.2, -0.15) is 4.31 Å². The summed E-state index contributed by atoms with van der Waals surface area (Å²) in [6.45, 7) is 1.15. The van der Waals surface area contributed by atoms with E-state index < -0.39 is 27.8 Å². The van der Waals surface area contributed by atoms with Crippen LogP contribution in [-0.2, 0) is 19.6 Å². The molecule has 2 aliphatic rings. The molecule has 1 aromatic rings. The van der Waals surface area contributed by atoms with Crippen molar-refractivity contribution >= 4 is 21.9 Å². The lowest BCUT2D eigenvalue weighted by atomic mass is 10.1. The quantitative estimate of drug-likeness (QED) is 0.775. The first-order valence-corrected chi connectivity index (χ1v) is 10.0. The predicted octanol–water partition coefficient (Wildman–Crippen LogP) is 0.691. The third kappa shape index (κ3) is 3.89. The Bertz CT molecular complexity index is 788. The Balaban J connectivity index is 1.78. The molecular weight excluding hydrogens is 360 g/mol. The number of hydrogen-bond donors (Lipinski definition) is 2. The van der Waals surface area contributed by atoms with E-state index in [0.29, 0.717) is 32.5 Å². The highest BCUT2D eigenvalue weighted by Gasteiger charge is 2.33. The van der Waals surface area contributed by atoms with Crippen molar-refractivity contribution in [3.63, 3.8) is 0 Å². The van der Waals surface area contributed by atoms with Crippen LogP contribution in [0.2, 0.25) is 0 Å². The maximum absolute atomic E-state index is 12.9. The van der Waals surface area contributed by atoms with Crippen LogP contribution < -0.4 is 5.32 Å². The van der Waals surface area contributed by atoms with Gasteiger partial charge in [0, 0.05) is 19.1 Å². The van der Waals surface area contributed by atoms with Gasteiger partial charge in [0.2, 0.25) is 10.0 Å². The first-order valence-electron chi connectivity index (χ1n) is 8.60. The van der Waals surface area contributed by atoms with E-state index in [1.165, 1.54) is 16.4 Å². The maximum atomic E-state index is 12.9. The molecule has 2 fully saturated rings. The number of sulfonamides is 1. The number of amides is 1. The minimum atomic E-state index is -3.80. The fourth-order valence-electron chi connectivity index (χ4n) is 3.41. The second-order valence-corrected chi connectivity index (χ2v) is 8.44. The van der Waals surface area contributed by atoms with Gasteiger partial charge in [0.25, 0.3) is 5.91 Å². The molecule has 0 aromatic heterocycles. The van der Waals surface area contributed by atoms with Crippen molar-refractivity contribution in [2.24, 2.45) is 5.92 Å². The van der Waals surface area contributed by atoms with E-state index in [4.69, 9.17) is 9.84 Å². The van der Waals surface area contributed by atoms with E-state index in [2.05, 4.69) is 5.32 Å². The van der Waals surface area contributed by atoms with Crippen LogP contribution in [0.1, 0.15) is 29.6 Å². The average Bonchev–Trinajstić information content (AvgIpc) is 3.11. The van der Waals surface area contributed by atoms with Gasteiger partial charge >= 0.3 is 5.97 Å². The predicted molar refractivity (Wildman–Crippen MR) is 92.3 cm³/mol. The number of aliphatic carboxylic acids is 1. The number of carbonyl (C=O) groups excluding carboxylic acids is 1. The van der Waals surface area contributed by atoms with E-state index in [-0.39, 0.29) is 29.6 Å². The molecule has 142 valence electrons. The van der Waals surface area contributed by atoms with Crippen molar-refractivity contribution in [2.45, 2.75) is 30.2 Å². The summed E-state index contributed by atoms with van der Waals surface area (Å²) in [5, 5.41) is 11.9. The van der Waals surface area contributed by atoms with Crippen LogP contribution in [0, 0.1) is 5.92 Å². The number of benzene rings is 1. The number of carboxylic acid groups (broad SMARTS) is 1. The smallest absolute Gasteiger partial charge is 0.306 e. The Morgan fingerprint density at radius 2 is 1.85 bits per heavy atom. The number of carbonyl (C=O) groups is 2. The Morgan fingerprint density at radius 3 is 2.50 bits per heavy atom. The van der Waals surface area contributed by atoms with E-state index in [0.717, 1.165) is 0 Å². The van der Waals surface area contributed by atoms with Gasteiger partial charge < -0.3 is 15.2 Å². The van der Waals surface area contributed by atoms with Crippen molar-refractivity contribution in [3.8, 4) is 0 Å². The molecule has 1 aliphatic heterocycles. The maximum Gasteiger partial charge on any atom is 0.306 e. The largest absolute Gasteiger partial charge is 0.481 e. The molecule has 0 spiro atoms. The third-order valence-corrected chi connectivity index (χ3v) is 6.79. The molecule has 9 heteroatoms. The summed E-state index contributed by atoms with van der Waals surface area (Å²) in [5.41, 5.74) is 0.0813. The van der Waals surface area contributed by atoms with Crippen LogP contribution in [0.4, 0.5) is 0 Å². The zero-order valence-electron chi connectivity index (χ0n) is 14.3. The molecule has 0 bridgehead atoms. The molecule has 3 rings (SSSR count). The van der Waals surface area contributed by atoms with Crippen LogP contribution >= 0.6 is 0 Å². The van der Waals surface area contributed by atoms with E-state index in [1.807, 2.05) is 0 Å². The molecule has 0 radical (unpaired) electrons. The van der Waals surface area contributed by atoms with Gasteiger partial charge in [-0.1, -0.05) is 12.1 Å². The lowest BCUT2D eigenvalue weighted by Gasteiger charge is -2.27.